The number of halogens is 1. The maximum atomic E-state index is 11.0. The number of nitrogens with zero attached hydrogens (tertiary/aromatic N) is 4. The van der Waals surface area contributed by atoms with Gasteiger partial charge in [-0.05, 0) is 51.6 Å². The molecule has 7 nitrogen and oxygen atoms in total. The first kappa shape index (κ1) is 22.6. The Morgan fingerprint density at radius 1 is 1.31 bits per heavy atom. The second-order valence-electron chi connectivity index (χ2n) is 5.68. The van der Waals surface area contributed by atoms with Crippen molar-refractivity contribution in [3.8, 4) is 5.69 Å². The summed E-state index contributed by atoms with van der Waals surface area (Å²) in [5.41, 5.74) is 8.85. The number of allylic oxidation sites excluding steroid dienone is 1. The fourth-order valence-electron chi connectivity index (χ4n) is 2.46. The number of esters is 1. The predicted octanol–water partition coefficient (Wildman–Crippen LogP) is 0.261. The van der Waals surface area contributed by atoms with Crippen molar-refractivity contribution in [2.75, 3.05) is 0 Å². The molecule has 9 heteroatoms. The zero-order valence-corrected chi connectivity index (χ0v) is 17.5. The number of hydrogen-bond donors (Lipinski definition) is 1. The van der Waals surface area contributed by atoms with Gasteiger partial charge in [-0.25, -0.2) is 11.1 Å². The molecule has 0 aliphatic carbocycles. The van der Waals surface area contributed by atoms with Crippen LogP contribution in [0.15, 0.2) is 57.9 Å². The second kappa shape index (κ2) is 10.2. The van der Waals surface area contributed by atoms with Crippen molar-refractivity contribution in [3.05, 3.63) is 76.9 Å². The van der Waals surface area contributed by atoms with Crippen LogP contribution >= 0.6 is 15.9 Å². The number of carbonyl (C=O) groups excluding carboxylic acids is 1. The molecular formula is C20H16BrLiN5O2-. The molecule has 1 aromatic carbocycles. The van der Waals surface area contributed by atoms with E-state index < -0.39 is 0 Å². The third kappa shape index (κ3) is 5.67. The topological polar surface area (TPSA) is 95.4 Å². The Bertz CT molecular complexity index is 1090. The normalized spacial score (nSPS) is 11.4. The Morgan fingerprint density at radius 3 is 2.69 bits per heavy atom. The molecule has 3 aromatic rings. The molecule has 0 aliphatic heterocycles. The van der Waals surface area contributed by atoms with Crippen molar-refractivity contribution in [1.29, 1.82) is 0 Å². The molecule has 0 aliphatic rings. The van der Waals surface area contributed by atoms with Crippen LogP contribution in [0, 0.1) is 12.7 Å². The van der Waals surface area contributed by atoms with Crippen LogP contribution in [0.25, 0.3) is 16.9 Å². The Hall–Kier alpha value is -2.66. The van der Waals surface area contributed by atoms with E-state index in [-0.39, 0.29) is 37.3 Å². The summed E-state index contributed by atoms with van der Waals surface area (Å²) in [7, 11) is 0. The minimum atomic E-state index is -0.327. The fourth-order valence-corrected chi connectivity index (χ4v) is 2.76. The number of hydrogen-bond acceptors (Lipinski definition) is 6. The zero-order chi connectivity index (χ0) is 20.1. The number of rotatable bonds is 6. The molecule has 0 atom stereocenters. The van der Waals surface area contributed by atoms with Gasteiger partial charge in [0.25, 0.3) is 0 Å². The molecule has 2 aromatic heterocycles. The van der Waals surface area contributed by atoms with Gasteiger partial charge in [0, 0.05) is 12.6 Å². The molecule has 2 heterocycles. The number of nitrogens with two attached hydrogens (primary N) is 1. The van der Waals surface area contributed by atoms with Gasteiger partial charge in [-0.15, -0.1) is 6.21 Å². The molecule has 0 unspecified atom stereocenters. The summed E-state index contributed by atoms with van der Waals surface area (Å²) in [5.74, 6) is 0.246. The van der Waals surface area contributed by atoms with E-state index in [1.165, 1.54) is 19.2 Å². The first-order valence-corrected chi connectivity index (χ1v) is 9.02. The smallest absolute Gasteiger partial charge is 0.461 e. The van der Waals surface area contributed by atoms with Crippen LogP contribution in [0.4, 0.5) is 0 Å². The summed E-state index contributed by atoms with van der Waals surface area (Å²) >= 11 is 3.39. The monoisotopic (exact) mass is 444 g/mol. The predicted molar refractivity (Wildman–Crippen MR) is 109 cm³/mol. The van der Waals surface area contributed by atoms with Crippen LogP contribution in [0.1, 0.15) is 18.3 Å². The average molecular weight is 445 g/mol. The number of pyridine rings is 1. The van der Waals surface area contributed by atoms with Gasteiger partial charge >= 0.3 is 24.8 Å². The molecule has 0 fully saturated rings. The number of ether oxygens (including phenoxy) is 1. The second-order valence-corrected chi connectivity index (χ2v) is 6.49. The van der Waals surface area contributed by atoms with Crippen molar-refractivity contribution < 1.29 is 28.4 Å². The molecule has 0 saturated heterocycles. The first-order chi connectivity index (χ1) is 13.5. The van der Waals surface area contributed by atoms with E-state index in [1.54, 1.807) is 6.07 Å². The molecule has 0 bridgehead atoms. The SMILES string of the molecule is [CH-]=C/C=N\C(N)=[C-]c1nc2ccc(Br)nc2n1-c1ccc(COC(C)=O)cc1.[Li+]. The van der Waals surface area contributed by atoms with Gasteiger partial charge in [0.05, 0.1) is 0 Å². The average Bonchev–Trinajstić information content (AvgIpc) is 3.02. The molecule has 29 heavy (non-hydrogen) atoms. The molecule has 0 saturated carbocycles. The van der Waals surface area contributed by atoms with Crippen LogP contribution in [0.2, 0.25) is 0 Å². The largest absolute Gasteiger partial charge is 1.00 e. The number of fused-ring (bicyclic) bond motifs is 1. The van der Waals surface area contributed by atoms with Gasteiger partial charge in [0.1, 0.15) is 16.7 Å². The summed E-state index contributed by atoms with van der Waals surface area (Å²) in [6.07, 6.45) is 5.60. The van der Waals surface area contributed by atoms with E-state index in [4.69, 9.17) is 17.0 Å². The summed E-state index contributed by atoms with van der Waals surface area (Å²) in [5, 5.41) is 0. The van der Waals surface area contributed by atoms with E-state index in [2.05, 4.69) is 37.0 Å². The van der Waals surface area contributed by atoms with E-state index >= 15 is 0 Å². The number of benzene rings is 1. The van der Waals surface area contributed by atoms with E-state index in [9.17, 15) is 4.79 Å². The minimum absolute atomic E-state index is 0. The third-order valence-electron chi connectivity index (χ3n) is 3.65. The van der Waals surface area contributed by atoms with Gasteiger partial charge < -0.3 is 26.1 Å². The molecule has 3 rings (SSSR count). The summed E-state index contributed by atoms with van der Waals surface area (Å²) in [6, 6.07) is 11.1. The molecule has 0 amide bonds. The van der Waals surface area contributed by atoms with E-state index in [0.29, 0.717) is 21.6 Å². The molecular weight excluding hydrogens is 429 g/mol. The van der Waals surface area contributed by atoms with Gasteiger partial charge in [0.2, 0.25) is 0 Å². The number of aromatic nitrogens is 3. The maximum Gasteiger partial charge on any atom is 1.00 e. The first-order valence-electron chi connectivity index (χ1n) is 8.22. The number of imidazole rings is 1. The molecule has 0 radical (unpaired) electrons. The Labute approximate surface area is 188 Å². The molecule has 2 N–H and O–H groups in total. The van der Waals surface area contributed by atoms with E-state index in [1.807, 2.05) is 34.9 Å². The van der Waals surface area contributed by atoms with Gasteiger partial charge in [-0.1, -0.05) is 18.0 Å². The molecule has 142 valence electrons. The van der Waals surface area contributed by atoms with Crippen molar-refractivity contribution in [2.45, 2.75) is 13.5 Å². The summed E-state index contributed by atoms with van der Waals surface area (Å²) in [4.78, 5) is 24.0. The quantitative estimate of drug-likeness (QED) is 0.193. The standard InChI is InChI=1S/C20H16BrN5O2.Li/c1-3-10-23-18(22)11-19-24-16-8-9-17(21)25-20(16)26(19)15-6-4-14(5-7-15)12-28-13(2)27;/h1,3-10H,12,22H2,2H3;/q-2;+1/b23-10-;. The van der Waals surface area contributed by atoms with Crippen molar-refractivity contribution in [2.24, 2.45) is 10.7 Å². The Kier molecular flexibility index (Phi) is 7.97. The fraction of sp³-hybridized carbons (Fsp3) is 0.100. The number of carbonyl (C=O) groups is 1. The Balaban J connectivity index is 0.00000300. The van der Waals surface area contributed by atoms with Gasteiger partial charge in [0.15, 0.2) is 5.65 Å². The van der Waals surface area contributed by atoms with Crippen LogP contribution in [-0.4, -0.2) is 26.7 Å². The van der Waals surface area contributed by atoms with Crippen LogP contribution < -0.4 is 24.6 Å². The maximum absolute atomic E-state index is 11.0. The summed E-state index contributed by atoms with van der Waals surface area (Å²) in [6.45, 7) is 6.87. The van der Waals surface area contributed by atoms with Crippen LogP contribution in [-0.2, 0) is 16.1 Å². The summed E-state index contributed by atoms with van der Waals surface area (Å²) < 4.78 is 7.50. The number of aliphatic imine (C=N–C) groups is 1. The minimum Gasteiger partial charge on any atom is -0.461 e. The van der Waals surface area contributed by atoms with Crippen molar-refractivity contribution >= 4 is 39.3 Å². The van der Waals surface area contributed by atoms with Crippen molar-refractivity contribution in [1.82, 2.24) is 14.5 Å². The van der Waals surface area contributed by atoms with Crippen LogP contribution in [0.5, 0.6) is 0 Å². The Morgan fingerprint density at radius 2 is 2.03 bits per heavy atom. The molecule has 0 spiro atoms. The third-order valence-corrected chi connectivity index (χ3v) is 4.09. The van der Waals surface area contributed by atoms with Crippen LogP contribution in [0.3, 0.4) is 0 Å². The van der Waals surface area contributed by atoms with Gasteiger partial charge in [-0.2, -0.15) is 0 Å². The van der Waals surface area contributed by atoms with Crippen molar-refractivity contribution in [3.63, 3.8) is 0 Å². The van der Waals surface area contributed by atoms with E-state index in [0.717, 1.165) is 11.3 Å². The van der Waals surface area contributed by atoms with Gasteiger partial charge in [-0.3, -0.25) is 16.4 Å². The zero-order valence-electron chi connectivity index (χ0n) is 16.0.